The van der Waals surface area contributed by atoms with Crippen LogP contribution in [0.15, 0.2) is 27.4 Å². The van der Waals surface area contributed by atoms with Crippen LogP contribution < -0.4 is 4.74 Å². The molecule has 0 fully saturated rings. The number of benzene rings is 1. The fourth-order valence-electron chi connectivity index (χ4n) is 1.62. The first-order valence-electron chi connectivity index (χ1n) is 5.74. The third-order valence-electron chi connectivity index (χ3n) is 2.59. The molecular formula is C12H11Br2N3O3. The summed E-state index contributed by atoms with van der Waals surface area (Å²) in [6.45, 7) is 2.92. The largest absolute Gasteiger partial charge is 0.483 e. The Morgan fingerprint density at radius 1 is 1.40 bits per heavy atom. The molecule has 8 heteroatoms. The summed E-state index contributed by atoms with van der Waals surface area (Å²) < 4.78 is 8.53. The van der Waals surface area contributed by atoms with Crippen LogP contribution in [0, 0.1) is 0 Å². The Morgan fingerprint density at radius 2 is 2.05 bits per heavy atom. The van der Waals surface area contributed by atoms with Crippen molar-refractivity contribution >= 4 is 37.8 Å². The molecule has 0 aliphatic heterocycles. The number of aromatic nitrogens is 3. The highest BCUT2D eigenvalue weighted by Crippen LogP contribution is 2.35. The van der Waals surface area contributed by atoms with E-state index >= 15 is 0 Å². The summed E-state index contributed by atoms with van der Waals surface area (Å²) >= 11 is 6.61. The SMILES string of the molecule is CCn1ncnc1COc1c(Br)cc(C(=O)O)cc1Br. The van der Waals surface area contributed by atoms with Crippen LogP contribution in [0.5, 0.6) is 5.75 Å². The molecule has 106 valence electrons. The van der Waals surface area contributed by atoms with E-state index in [4.69, 9.17) is 9.84 Å². The maximum absolute atomic E-state index is 10.9. The molecule has 0 aliphatic carbocycles. The molecule has 2 aromatic rings. The van der Waals surface area contributed by atoms with Crippen molar-refractivity contribution in [1.82, 2.24) is 14.8 Å². The number of aryl methyl sites for hydroxylation is 1. The van der Waals surface area contributed by atoms with Crippen molar-refractivity contribution in [3.8, 4) is 5.75 Å². The third-order valence-corrected chi connectivity index (χ3v) is 3.76. The monoisotopic (exact) mass is 403 g/mol. The first-order valence-corrected chi connectivity index (χ1v) is 7.33. The minimum absolute atomic E-state index is 0.174. The Kier molecular flexibility index (Phi) is 4.77. The average molecular weight is 405 g/mol. The van der Waals surface area contributed by atoms with Crippen LogP contribution in [0.3, 0.4) is 0 Å². The van der Waals surface area contributed by atoms with Crippen LogP contribution in [0.25, 0.3) is 0 Å². The Labute approximate surface area is 132 Å². The van der Waals surface area contributed by atoms with Gasteiger partial charge in [-0.15, -0.1) is 0 Å². The van der Waals surface area contributed by atoms with Gasteiger partial charge < -0.3 is 9.84 Å². The molecule has 20 heavy (non-hydrogen) atoms. The van der Waals surface area contributed by atoms with Gasteiger partial charge in [0.05, 0.1) is 14.5 Å². The van der Waals surface area contributed by atoms with Crippen LogP contribution in [0.4, 0.5) is 0 Å². The molecule has 1 aromatic heterocycles. The predicted octanol–water partition coefficient (Wildman–Crippen LogP) is 3.10. The quantitative estimate of drug-likeness (QED) is 0.828. The molecule has 1 heterocycles. The summed E-state index contributed by atoms with van der Waals surface area (Å²) in [6, 6.07) is 2.99. The van der Waals surface area contributed by atoms with Gasteiger partial charge in [-0.1, -0.05) is 0 Å². The van der Waals surface area contributed by atoms with E-state index in [1.54, 1.807) is 4.68 Å². The number of hydrogen-bond donors (Lipinski definition) is 1. The summed E-state index contributed by atoms with van der Waals surface area (Å²) in [7, 11) is 0. The van der Waals surface area contributed by atoms with E-state index in [0.717, 1.165) is 0 Å². The van der Waals surface area contributed by atoms with E-state index in [-0.39, 0.29) is 12.2 Å². The Morgan fingerprint density at radius 3 is 2.60 bits per heavy atom. The average Bonchev–Trinajstić information content (AvgIpc) is 2.84. The van der Waals surface area contributed by atoms with Gasteiger partial charge in [0.1, 0.15) is 18.7 Å². The molecule has 0 bridgehead atoms. The highest BCUT2D eigenvalue weighted by atomic mass is 79.9. The maximum Gasteiger partial charge on any atom is 0.335 e. The van der Waals surface area contributed by atoms with Crippen molar-refractivity contribution in [3.63, 3.8) is 0 Å². The van der Waals surface area contributed by atoms with E-state index in [1.807, 2.05) is 6.92 Å². The molecule has 0 saturated carbocycles. The van der Waals surface area contributed by atoms with E-state index in [2.05, 4.69) is 41.9 Å². The topological polar surface area (TPSA) is 77.2 Å². The minimum Gasteiger partial charge on any atom is -0.483 e. The van der Waals surface area contributed by atoms with Crippen molar-refractivity contribution in [2.75, 3.05) is 0 Å². The van der Waals surface area contributed by atoms with E-state index in [9.17, 15) is 4.79 Å². The Balaban J connectivity index is 2.20. The fourth-order valence-corrected chi connectivity index (χ4v) is 3.04. The number of ether oxygens (including phenoxy) is 1. The molecule has 0 radical (unpaired) electrons. The number of rotatable bonds is 5. The summed E-state index contributed by atoms with van der Waals surface area (Å²) in [5, 5.41) is 13.0. The smallest absolute Gasteiger partial charge is 0.335 e. The molecule has 0 spiro atoms. The van der Waals surface area contributed by atoms with Gasteiger partial charge in [0, 0.05) is 6.54 Å². The zero-order chi connectivity index (χ0) is 14.7. The number of nitrogens with zero attached hydrogens (tertiary/aromatic N) is 3. The lowest BCUT2D eigenvalue weighted by Gasteiger charge is -2.11. The van der Waals surface area contributed by atoms with Crippen LogP contribution in [0.1, 0.15) is 23.1 Å². The number of hydrogen-bond acceptors (Lipinski definition) is 4. The Bertz CT molecular complexity index is 620. The summed E-state index contributed by atoms with van der Waals surface area (Å²) in [5.41, 5.74) is 0.174. The number of carboxylic acid groups (broad SMARTS) is 1. The molecule has 1 aromatic carbocycles. The molecule has 0 amide bonds. The molecule has 6 nitrogen and oxygen atoms in total. The summed E-state index contributed by atoms with van der Waals surface area (Å²) in [6.07, 6.45) is 1.47. The molecular weight excluding hydrogens is 394 g/mol. The van der Waals surface area contributed by atoms with Crippen molar-refractivity contribution in [2.24, 2.45) is 0 Å². The van der Waals surface area contributed by atoms with Crippen molar-refractivity contribution in [3.05, 3.63) is 38.8 Å². The van der Waals surface area contributed by atoms with E-state index in [0.29, 0.717) is 27.1 Å². The zero-order valence-electron chi connectivity index (χ0n) is 10.5. The van der Waals surface area contributed by atoms with Gasteiger partial charge in [-0.05, 0) is 50.9 Å². The van der Waals surface area contributed by atoms with Gasteiger partial charge in [0.15, 0.2) is 5.82 Å². The van der Waals surface area contributed by atoms with Crippen molar-refractivity contribution in [2.45, 2.75) is 20.1 Å². The fraction of sp³-hybridized carbons (Fsp3) is 0.250. The molecule has 0 unspecified atom stereocenters. The number of carbonyl (C=O) groups is 1. The van der Waals surface area contributed by atoms with Crippen LogP contribution in [0.2, 0.25) is 0 Å². The number of carboxylic acids is 1. The number of halogens is 2. The number of aromatic carboxylic acids is 1. The lowest BCUT2D eigenvalue weighted by Crippen LogP contribution is -2.08. The second-order valence-electron chi connectivity index (χ2n) is 3.85. The van der Waals surface area contributed by atoms with Crippen LogP contribution >= 0.6 is 31.9 Å². The third kappa shape index (κ3) is 3.18. The maximum atomic E-state index is 10.9. The van der Waals surface area contributed by atoms with E-state index in [1.165, 1.54) is 18.5 Å². The Hall–Kier alpha value is -1.41. The standard InChI is InChI=1S/C12H11Br2N3O3/c1-2-17-10(15-6-16-17)5-20-11-8(13)3-7(12(18)19)4-9(11)14/h3-4,6H,2,5H2,1H3,(H,18,19). The molecule has 0 saturated heterocycles. The van der Waals surface area contributed by atoms with Gasteiger partial charge in [-0.3, -0.25) is 0 Å². The van der Waals surface area contributed by atoms with Gasteiger partial charge in [0.2, 0.25) is 0 Å². The van der Waals surface area contributed by atoms with E-state index < -0.39 is 5.97 Å². The van der Waals surface area contributed by atoms with Crippen LogP contribution in [-0.2, 0) is 13.2 Å². The van der Waals surface area contributed by atoms with Gasteiger partial charge in [0.25, 0.3) is 0 Å². The second kappa shape index (κ2) is 6.36. The molecule has 0 aliphatic rings. The van der Waals surface area contributed by atoms with Crippen molar-refractivity contribution in [1.29, 1.82) is 0 Å². The lowest BCUT2D eigenvalue weighted by atomic mass is 10.2. The second-order valence-corrected chi connectivity index (χ2v) is 5.56. The minimum atomic E-state index is -0.997. The van der Waals surface area contributed by atoms with Crippen molar-refractivity contribution < 1.29 is 14.6 Å². The van der Waals surface area contributed by atoms with Gasteiger partial charge >= 0.3 is 5.97 Å². The molecule has 2 rings (SSSR count). The van der Waals surface area contributed by atoms with Crippen LogP contribution in [-0.4, -0.2) is 25.8 Å². The van der Waals surface area contributed by atoms with Gasteiger partial charge in [-0.2, -0.15) is 5.10 Å². The highest BCUT2D eigenvalue weighted by molar-refractivity contribution is 9.11. The predicted molar refractivity (Wildman–Crippen MR) is 78.8 cm³/mol. The molecule has 1 N–H and O–H groups in total. The summed E-state index contributed by atoms with van der Waals surface area (Å²) in [4.78, 5) is 15.1. The highest BCUT2D eigenvalue weighted by Gasteiger charge is 2.14. The normalized spacial score (nSPS) is 10.6. The van der Waals surface area contributed by atoms with Gasteiger partial charge in [-0.25, -0.2) is 14.5 Å². The molecule has 0 atom stereocenters. The zero-order valence-corrected chi connectivity index (χ0v) is 13.7. The first kappa shape index (κ1) is 15.0. The summed E-state index contributed by atoms with van der Waals surface area (Å²) in [5.74, 6) is 0.234. The lowest BCUT2D eigenvalue weighted by molar-refractivity contribution is 0.0696. The first-order chi connectivity index (χ1) is 9.52.